The number of hydrogen-bond acceptors (Lipinski definition) is 4. The maximum atomic E-state index is 10.5. The minimum Gasteiger partial charge on any atom is -0.401 e. The van der Waals surface area contributed by atoms with Crippen LogP contribution < -0.4 is 11.1 Å². The Balaban J connectivity index is 4.60. The molecule has 0 heterocycles. The quantitative estimate of drug-likeness (QED) is 0.346. The number of carbonyl (C=O) groups is 1. The zero-order valence-electron chi connectivity index (χ0n) is 6.84. The first-order valence-electron chi connectivity index (χ1n) is 3.17. The predicted octanol–water partition coefficient (Wildman–Crippen LogP) is 0.206. The maximum absolute atomic E-state index is 10.5. The van der Waals surface area contributed by atoms with Crippen LogP contribution in [0.1, 0.15) is 13.8 Å². The van der Waals surface area contributed by atoms with E-state index in [2.05, 4.69) is 5.32 Å². The molecule has 0 aromatic carbocycles. The van der Waals surface area contributed by atoms with Gasteiger partial charge in [-0.3, -0.25) is 4.79 Å². The monoisotopic (exact) mass is 183 g/mol. The predicted molar refractivity (Wildman–Crippen MR) is 48.9 cm³/mol. The van der Waals surface area contributed by atoms with Crippen LogP contribution in [0.2, 0.25) is 0 Å². The molecular weight excluding hydrogens is 174 g/mol. The van der Waals surface area contributed by atoms with E-state index in [4.69, 9.17) is 23.2 Å². The molecule has 12 heavy (non-hydrogen) atoms. The number of rotatable bonds is 1. The van der Waals surface area contributed by atoms with Gasteiger partial charge in [0, 0.05) is 12.6 Å². The van der Waals surface area contributed by atoms with E-state index >= 15 is 0 Å². The van der Waals surface area contributed by atoms with Crippen molar-refractivity contribution in [1.82, 2.24) is 5.32 Å². The van der Waals surface area contributed by atoms with Gasteiger partial charge in [-0.05, 0) is 6.92 Å². The number of nitrogens with zero attached hydrogens (tertiary/aromatic N) is 1. The summed E-state index contributed by atoms with van der Waals surface area (Å²) in [7, 11) is 0. The lowest BCUT2D eigenvalue weighted by atomic mass is 10.2. The number of nitriles is 1. The summed E-state index contributed by atoms with van der Waals surface area (Å²) in [5, 5.41) is 10.9. The van der Waals surface area contributed by atoms with Crippen molar-refractivity contribution < 1.29 is 4.79 Å². The lowest BCUT2D eigenvalue weighted by molar-refractivity contribution is -0.117. The number of nitrogens with one attached hydrogen (secondary N) is 1. The molecule has 0 aliphatic rings. The van der Waals surface area contributed by atoms with E-state index in [0.29, 0.717) is 5.70 Å². The van der Waals surface area contributed by atoms with E-state index < -0.39 is 0 Å². The molecule has 0 fully saturated rings. The minimum absolute atomic E-state index is 0.0741. The fraction of sp³-hybridized carbons (Fsp3) is 0.286. The second-order valence-corrected chi connectivity index (χ2v) is 2.59. The zero-order valence-corrected chi connectivity index (χ0v) is 7.66. The first kappa shape index (κ1) is 10.6. The Hall–Kier alpha value is -1.41. The van der Waals surface area contributed by atoms with Crippen LogP contribution >= 0.6 is 12.2 Å². The second-order valence-electron chi connectivity index (χ2n) is 2.18. The van der Waals surface area contributed by atoms with Gasteiger partial charge in [0.1, 0.15) is 16.6 Å². The number of hydrogen-bond donors (Lipinski definition) is 2. The first-order valence-corrected chi connectivity index (χ1v) is 3.58. The van der Waals surface area contributed by atoms with Gasteiger partial charge in [-0.2, -0.15) is 5.26 Å². The third-order valence-corrected chi connectivity index (χ3v) is 1.33. The van der Waals surface area contributed by atoms with Gasteiger partial charge < -0.3 is 11.1 Å². The molecule has 0 aliphatic carbocycles. The molecule has 5 heteroatoms. The third-order valence-electron chi connectivity index (χ3n) is 1.02. The largest absolute Gasteiger partial charge is 0.401 e. The molecule has 64 valence electrons. The summed E-state index contributed by atoms with van der Waals surface area (Å²) in [6, 6.07) is 1.81. The Morgan fingerprint density at radius 3 is 2.33 bits per heavy atom. The highest BCUT2D eigenvalue weighted by Gasteiger charge is 2.07. The Morgan fingerprint density at radius 1 is 1.58 bits per heavy atom. The Kier molecular flexibility index (Phi) is 3.94. The summed E-state index contributed by atoms with van der Waals surface area (Å²) in [6.45, 7) is 2.86. The van der Waals surface area contributed by atoms with Crippen molar-refractivity contribution in [3.05, 3.63) is 11.3 Å². The Labute approximate surface area is 76.0 Å². The summed E-state index contributed by atoms with van der Waals surface area (Å²) in [6.07, 6.45) is 0. The number of nitrogens with two attached hydrogens (primary N) is 1. The molecule has 0 aromatic heterocycles. The highest BCUT2D eigenvalue weighted by molar-refractivity contribution is 7.80. The van der Waals surface area contributed by atoms with Crippen molar-refractivity contribution in [3.8, 4) is 6.07 Å². The topological polar surface area (TPSA) is 78.9 Å². The van der Waals surface area contributed by atoms with Gasteiger partial charge in [0.2, 0.25) is 5.91 Å². The number of carbonyl (C=O) groups excluding carboxylic acids is 1. The molecule has 1 amide bonds. The average molecular weight is 183 g/mol. The normalized spacial score (nSPS) is 11.1. The summed E-state index contributed by atoms with van der Waals surface area (Å²) in [4.78, 5) is 10.6. The lowest BCUT2D eigenvalue weighted by Crippen LogP contribution is -2.28. The van der Waals surface area contributed by atoms with Gasteiger partial charge in [0.15, 0.2) is 0 Å². The fourth-order valence-electron chi connectivity index (χ4n) is 0.540. The van der Waals surface area contributed by atoms with E-state index in [0.717, 1.165) is 0 Å². The molecular formula is C7H9N3OS. The van der Waals surface area contributed by atoms with E-state index in [9.17, 15) is 4.79 Å². The zero-order chi connectivity index (χ0) is 9.72. The average Bonchev–Trinajstić information content (AvgIpc) is 1.85. The third kappa shape index (κ3) is 3.12. The van der Waals surface area contributed by atoms with Crippen LogP contribution in [-0.2, 0) is 4.79 Å². The Morgan fingerprint density at radius 2 is 2.08 bits per heavy atom. The molecule has 0 unspecified atom stereocenters. The molecule has 0 bridgehead atoms. The van der Waals surface area contributed by atoms with Crippen LogP contribution in [-0.4, -0.2) is 10.9 Å². The van der Waals surface area contributed by atoms with E-state index in [1.165, 1.54) is 6.92 Å². The highest BCUT2D eigenvalue weighted by atomic mass is 32.1. The summed E-state index contributed by atoms with van der Waals surface area (Å²) < 4.78 is 0. The van der Waals surface area contributed by atoms with Crippen LogP contribution in [0.15, 0.2) is 11.3 Å². The van der Waals surface area contributed by atoms with Crippen LogP contribution in [0.5, 0.6) is 0 Å². The van der Waals surface area contributed by atoms with Gasteiger partial charge in [0.05, 0.1) is 0 Å². The smallest absolute Gasteiger partial charge is 0.221 e. The van der Waals surface area contributed by atoms with Gasteiger partial charge >= 0.3 is 0 Å². The lowest BCUT2D eigenvalue weighted by Gasteiger charge is -2.02. The van der Waals surface area contributed by atoms with Crippen LogP contribution in [0, 0.1) is 11.3 Å². The maximum Gasteiger partial charge on any atom is 0.221 e. The molecule has 0 spiro atoms. The van der Waals surface area contributed by atoms with Crippen molar-refractivity contribution in [3.63, 3.8) is 0 Å². The van der Waals surface area contributed by atoms with E-state index in [1.807, 2.05) is 0 Å². The molecule has 4 nitrogen and oxygen atoms in total. The number of thiocarbonyl (C=S) groups is 1. The van der Waals surface area contributed by atoms with E-state index in [-0.39, 0.29) is 16.5 Å². The molecule has 0 rings (SSSR count). The van der Waals surface area contributed by atoms with Crippen LogP contribution in [0.4, 0.5) is 0 Å². The van der Waals surface area contributed by atoms with Crippen molar-refractivity contribution in [1.29, 1.82) is 5.26 Å². The molecule has 3 N–H and O–H groups in total. The first-order chi connectivity index (χ1) is 5.49. The van der Waals surface area contributed by atoms with Crippen LogP contribution in [0.3, 0.4) is 0 Å². The molecule has 0 aliphatic heterocycles. The van der Waals surface area contributed by atoms with Gasteiger partial charge in [-0.1, -0.05) is 12.2 Å². The van der Waals surface area contributed by atoms with Crippen molar-refractivity contribution in [2.24, 2.45) is 5.73 Å². The SMILES string of the molecule is CC(=O)NC(=S)/C(C#N)=C(\C)N. The van der Waals surface area contributed by atoms with Crippen molar-refractivity contribution >= 4 is 23.1 Å². The van der Waals surface area contributed by atoms with Gasteiger partial charge in [-0.15, -0.1) is 0 Å². The molecule has 0 aromatic rings. The molecule has 0 saturated heterocycles. The summed E-state index contributed by atoms with van der Waals surface area (Å²) in [5.74, 6) is -0.311. The second kappa shape index (κ2) is 4.46. The Bertz CT molecular complexity index is 284. The minimum atomic E-state index is -0.311. The standard InChI is InChI=1S/C7H9N3OS/c1-4(9)6(3-8)7(12)10-5(2)11/h9H2,1-2H3,(H,10,11,12)/b6-4+. The van der Waals surface area contributed by atoms with Crippen LogP contribution in [0.25, 0.3) is 0 Å². The van der Waals surface area contributed by atoms with Gasteiger partial charge in [-0.25, -0.2) is 0 Å². The molecule has 0 atom stereocenters. The van der Waals surface area contributed by atoms with Crippen molar-refractivity contribution in [2.45, 2.75) is 13.8 Å². The summed E-state index contributed by atoms with van der Waals surface area (Å²) >= 11 is 4.73. The fourth-order valence-corrected chi connectivity index (χ4v) is 0.891. The van der Waals surface area contributed by atoms with Crippen molar-refractivity contribution in [2.75, 3.05) is 0 Å². The highest BCUT2D eigenvalue weighted by Crippen LogP contribution is 1.98. The molecule has 0 radical (unpaired) electrons. The number of amides is 1. The summed E-state index contributed by atoms with van der Waals surface area (Å²) in [5.41, 5.74) is 5.78. The molecule has 0 saturated carbocycles. The number of allylic oxidation sites excluding steroid dienone is 1. The van der Waals surface area contributed by atoms with E-state index in [1.54, 1.807) is 13.0 Å². The van der Waals surface area contributed by atoms with Gasteiger partial charge in [0.25, 0.3) is 0 Å².